The molecule has 1 aliphatic heterocycles. The van der Waals surface area contributed by atoms with E-state index in [1.165, 1.54) is 0 Å². The fraction of sp³-hybridized carbons (Fsp3) is 0.667. The predicted octanol–water partition coefficient (Wildman–Crippen LogP) is 0.686. The lowest BCUT2D eigenvalue weighted by Gasteiger charge is -2.21. The zero-order valence-corrected chi connectivity index (χ0v) is 6.41. The van der Waals surface area contributed by atoms with Gasteiger partial charge in [0, 0.05) is 17.1 Å². The Morgan fingerprint density at radius 1 is 1.89 bits per heavy atom. The van der Waals surface area contributed by atoms with Crippen LogP contribution in [0.3, 0.4) is 0 Å². The minimum Gasteiger partial charge on any atom is -0.378 e. The van der Waals surface area contributed by atoms with E-state index in [0.29, 0.717) is 6.04 Å². The summed E-state index contributed by atoms with van der Waals surface area (Å²) in [5, 5.41) is 6.31. The van der Waals surface area contributed by atoms with Gasteiger partial charge in [0.05, 0.1) is 6.67 Å². The van der Waals surface area contributed by atoms with Gasteiger partial charge in [-0.15, -0.1) is 12.6 Å². The van der Waals surface area contributed by atoms with Crippen molar-refractivity contribution in [1.29, 1.82) is 0 Å². The van der Waals surface area contributed by atoms with Crippen molar-refractivity contribution in [3.8, 4) is 0 Å². The van der Waals surface area contributed by atoms with Gasteiger partial charge in [-0.3, -0.25) is 5.32 Å². The number of thiol groups is 1. The largest absolute Gasteiger partial charge is 0.378 e. The predicted molar refractivity (Wildman–Crippen MR) is 42.3 cm³/mol. The number of hydrogen-bond donors (Lipinski definition) is 3. The molecule has 0 aromatic rings. The summed E-state index contributed by atoms with van der Waals surface area (Å²) in [4.78, 5) is 1.10. The van der Waals surface area contributed by atoms with Crippen LogP contribution in [0, 0.1) is 0 Å². The molecule has 2 N–H and O–H groups in total. The molecule has 0 spiro atoms. The second-order valence-electron chi connectivity index (χ2n) is 2.12. The van der Waals surface area contributed by atoms with Crippen LogP contribution in [-0.2, 0) is 0 Å². The molecular weight excluding hydrogens is 132 g/mol. The van der Waals surface area contributed by atoms with E-state index >= 15 is 0 Å². The molecule has 1 rings (SSSR count). The van der Waals surface area contributed by atoms with Gasteiger partial charge in [0.15, 0.2) is 0 Å². The smallest absolute Gasteiger partial charge is 0.0653 e. The van der Waals surface area contributed by atoms with Crippen LogP contribution in [0.2, 0.25) is 0 Å². The summed E-state index contributed by atoms with van der Waals surface area (Å²) >= 11 is 4.27. The Morgan fingerprint density at radius 2 is 2.67 bits per heavy atom. The van der Waals surface area contributed by atoms with Crippen LogP contribution < -0.4 is 10.6 Å². The van der Waals surface area contributed by atoms with Crippen molar-refractivity contribution in [1.82, 2.24) is 10.6 Å². The highest BCUT2D eigenvalue weighted by Gasteiger charge is 2.10. The molecule has 1 aliphatic rings. The summed E-state index contributed by atoms with van der Waals surface area (Å²) in [6.07, 6.45) is 3.06. The summed E-state index contributed by atoms with van der Waals surface area (Å²) in [6.45, 7) is 3.01. The van der Waals surface area contributed by atoms with Gasteiger partial charge in [0.1, 0.15) is 0 Å². The Hall–Kier alpha value is -0.150. The van der Waals surface area contributed by atoms with Crippen LogP contribution >= 0.6 is 12.6 Å². The standard InChI is InChI=1S/C6H12N2S/c1-2-5-6(9)3-7-4-8-5/h3,5,7-9H,2,4H2,1H3. The fourth-order valence-electron chi connectivity index (χ4n) is 0.896. The van der Waals surface area contributed by atoms with Crippen LogP contribution in [0.15, 0.2) is 11.1 Å². The molecule has 0 saturated carbocycles. The second-order valence-corrected chi connectivity index (χ2v) is 2.63. The van der Waals surface area contributed by atoms with Crippen molar-refractivity contribution < 1.29 is 0 Å². The summed E-state index contributed by atoms with van der Waals surface area (Å²) in [5.41, 5.74) is 0. The highest BCUT2D eigenvalue weighted by atomic mass is 32.1. The average Bonchev–Trinajstić information content (AvgIpc) is 1.89. The minimum atomic E-state index is 0.467. The summed E-state index contributed by atoms with van der Waals surface area (Å²) in [7, 11) is 0. The molecule has 1 heterocycles. The minimum absolute atomic E-state index is 0.467. The molecule has 0 aromatic carbocycles. The molecule has 0 aromatic heterocycles. The Kier molecular flexibility index (Phi) is 2.42. The van der Waals surface area contributed by atoms with Crippen LogP contribution in [-0.4, -0.2) is 12.7 Å². The lowest BCUT2D eigenvalue weighted by atomic mass is 10.2. The maximum atomic E-state index is 4.27. The molecule has 1 atom stereocenters. The highest BCUT2D eigenvalue weighted by Crippen LogP contribution is 2.10. The van der Waals surface area contributed by atoms with E-state index < -0.39 is 0 Å². The van der Waals surface area contributed by atoms with Crippen LogP contribution in [0.1, 0.15) is 13.3 Å². The van der Waals surface area contributed by atoms with Crippen molar-refractivity contribution in [2.75, 3.05) is 6.67 Å². The van der Waals surface area contributed by atoms with Gasteiger partial charge in [-0.2, -0.15) is 0 Å². The zero-order chi connectivity index (χ0) is 6.69. The molecule has 9 heavy (non-hydrogen) atoms. The first kappa shape index (κ1) is 6.96. The van der Waals surface area contributed by atoms with E-state index in [2.05, 4.69) is 30.2 Å². The van der Waals surface area contributed by atoms with Crippen LogP contribution in [0.25, 0.3) is 0 Å². The second kappa shape index (κ2) is 3.13. The van der Waals surface area contributed by atoms with Gasteiger partial charge in [0.25, 0.3) is 0 Å². The third-order valence-electron chi connectivity index (χ3n) is 1.47. The van der Waals surface area contributed by atoms with Crippen molar-refractivity contribution in [3.63, 3.8) is 0 Å². The Morgan fingerprint density at radius 3 is 3.11 bits per heavy atom. The van der Waals surface area contributed by atoms with E-state index in [1.54, 1.807) is 0 Å². The van der Waals surface area contributed by atoms with Gasteiger partial charge >= 0.3 is 0 Å². The molecule has 3 heteroatoms. The average molecular weight is 144 g/mol. The third-order valence-corrected chi connectivity index (χ3v) is 1.91. The molecule has 52 valence electrons. The number of nitrogens with one attached hydrogen (secondary N) is 2. The lowest BCUT2D eigenvalue weighted by Crippen LogP contribution is -2.39. The molecule has 0 fully saturated rings. The van der Waals surface area contributed by atoms with Gasteiger partial charge in [-0.25, -0.2) is 0 Å². The van der Waals surface area contributed by atoms with E-state index in [0.717, 1.165) is 18.0 Å². The van der Waals surface area contributed by atoms with Crippen LogP contribution in [0.5, 0.6) is 0 Å². The molecule has 0 radical (unpaired) electrons. The van der Waals surface area contributed by atoms with Crippen molar-refractivity contribution in [2.45, 2.75) is 19.4 Å². The first-order valence-electron chi connectivity index (χ1n) is 3.20. The molecule has 2 nitrogen and oxygen atoms in total. The summed E-state index contributed by atoms with van der Waals surface area (Å²) in [5.74, 6) is 0. The zero-order valence-electron chi connectivity index (χ0n) is 5.52. The molecule has 0 aliphatic carbocycles. The fourth-order valence-corrected chi connectivity index (χ4v) is 1.26. The van der Waals surface area contributed by atoms with Gasteiger partial charge < -0.3 is 5.32 Å². The normalized spacial score (nSPS) is 26.9. The molecule has 0 amide bonds. The Labute approximate surface area is 61.1 Å². The Balaban J connectivity index is 2.50. The third kappa shape index (κ3) is 1.63. The van der Waals surface area contributed by atoms with E-state index in [-0.39, 0.29) is 0 Å². The van der Waals surface area contributed by atoms with E-state index in [1.807, 2.05) is 6.20 Å². The molecule has 0 saturated heterocycles. The SMILES string of the molecule is CCC1NCNC=C1S. The lowest BCUT2D eigenvalue weighted by molar-refractivity contribution is 0.527. The molecule has 0 bridgehead atoms. The topological polar surface area (TPSA) is 24.1 Å². The van der Waals surface area contributed by atoms with Crippen LogP contribution in [0.4, 0.5) is 0 Å². The highest BCUT2D eigenvalue weighted by molar-refractivity contribution is 7.84. The van der Waals surface area contributed by atoms with Gasteiger partial charge in [-0.1, -0.05) is 6.92 Å². The van der Waals surface area contributed by atoms with Crippen molar-refractivity contribution >= 4 is 12.6 Å². The van der Waals surface area contributed by atoms with Gasteiger partial charge in [0.2, 0.25) is 0 Å². The monoisotopic (exact) mass is 144 g/mol. The number of hydrogen-bond acceptors (Lipinski definition) is 3. The summed E-state index contributed by atoms with van der Waals surface area (Å²) < 4.78 is 0. The van der Waals surface area contributed by atoms with E-state index in [4.69, 9.17) is 0 Å². The van der Waals surface area contributed by atoms with Crippen molar-refractivity contribution in [2.24, 2.45) is 0 Å². The summed E-state index contributed by atoms with van der Waals surface area (Å²) in [6, 6.07) is 0.467. The quantitative estimate of drug-likeness (QED) is 0.472. The number of rotatable bonds is 1. The van der Waals surface area contributed by atoms with Gasteiger partial charge in [-0.05, 0) is 6.42 Å². The Bertz CT molecular complexity index is 122. The molecule has 1 unspecified atom stereocenters. The molecular formula is C6H12N2S. The van der Waals surface area contributed by atoms with Crippen molar-refractivity contribution in [3.05, 3.63) is 11.1 Å². The van der Waals surface area contributed by atoms with E-state index in [9.17, 15) is 0 Å². The maximum Gasteiger partial charge on any atom is 0.0653 e. The maximum absolute atomic E-state index is 4.27. The first-order valence-corrected chi connectivity index (χ1v) is 3.65. The first-order chi connectivity index (χ1) is 4.34.